The summed E-state index contributed by atoms with van der Waals surface area (Å²) in [5.74, 6) is 0.596. The van der Waals surface area contributed by atoms with Crippen molar-refractivity contribution in [2.75, 3.05) is 7.11 Å². The van der Waals surface area contributed by atoms with Crippen LogP contribution in [0, 0.1) is 0 Å². The number of benzene rings is 1. The highest BCUT2D eigenvalue weighted by atomic mass is 16.5. The molecular formula is C14H18N4O2. The second-order valence-electron chi connectivity index (χ2n) is 4.44. The topological polar surface area (TPSA) is 93.0 Å². The number of imidazole rings is 1. The van der Waals surface area contributed by atoms with Crippen molar-refractivity contribution in [1.29, 1.82) is 0 Å². The average molecular weight is 274 g/mol. The molecule has 1 amide bonds. The summed E-state index contributed by atoms with van der Waals surface area (Å²) in [6.07, 6.45) is 3.71. The molecule has 1 aromatic heterocycles. The van der Waals surface area contributed by atoms with E-state index in [1.807, 2.05) is 24.3 Å². The Bertz CT molecular complexity index is 537. The molecule has 0 unspecified atom stereocenters. The molecule has 0 saturated carbocycles. The number of aromatic amines is 1. The number of ether oxygens (including phenoxy) is 1. The lowest BCUT2D eigenvalue weighted by molar-refractivity contribution is -0.122. The fourth-order valence-corrected chi connectivity index (χ4v) is 1.78. The molecule has 1 atom stereocenters. The van der Waals surface area contributed by atoms with Crippen LogP contribution in [-0.4, -0.2) is 29.0 Å². The van der Waals surface area contributed by atoms with Gasteiger partial charge < -0.3 is 20.8 Å². The first-order valence-corrected chi connectivity index (χ1v) is 6.33. The lowest BCUT2D eigenvalue weighted by Gasteiger charge is -2.11. The van der Waals surface area contributed by atoms with Gasteiger partial charge in [-0.15, -0.1) is 0 Å². The summed E-state index contributed by atoms with van der Waals surface area (Å²) in [7, 11) is 1.62. The maximum atomic E-state index is 11.9. The minimum absolute atomic E-state index is 0.191. The lowest BCUT2D eigenvalue weighted by atomic mass is 10.1. The third kappa shape index (κ3) is 3.83. The number of aromatic nitrogens is 2. The van der Waals surface area contributed by atoms with Crippen LogP contribution in [0.3, 0.4) is 0 Å². The maximum Gasteiger partial charge on any atom is 0.237 e. The Balaban J connectivity index is 1.81. The molecule has 0 aliphatic rings. The van der Waals surface area contributed by atoms with Gasteiger partial charge >= 0.3 is 0 Å². The Morgan fingerprint density at radius 1 is 1.45 bits per heavy atom. The molecule has 2 aromatic rings. The van der Waals surface area contributed by atoms with Crippen LogP contribution in [0.15, 0.2) is 36.8 Å². The van der Waals surface area contributed by atoms with Crippen molar-refractivity contribution in [3.63, 3.8) is 0 Å². The van der Waals surface area contributed by atoms with Gasteiger partial charge in [0.1, 0.15) is 5.75 Å². The number of hydrogen-bond acceptors (Lipinski definition) is 4. The number of carbonyl (C=O) groups excluding carboxylic acids is 1. The van der Waals surface area contributed by atoms with Crippen LogP contribution in [0.4, 0.5) is 0 Å². The summed E-state index contributed by atoms with van der Waals surface area (Å²) in [5, 5.41) is 2.81. The number of carbonyl (C=O) groups is 1. The second-order valence-corrected chi connectivity index (χ2v) is 4.44. The number of amides is 1. The fourth-order valence-electron chi connectivity index (χ4n) is 1.78. The van der Waals surface area contributed by atoms with E-state index in [1.54, 1.807) is 19.6 Å². The van der Waals surface area contributed by atoms with Crippen molar-refractivity contribution >= 4 is 5.91 Å². The smallest absolute Gasteiger partial charge is 0.237 e. The van der Waals surface area contributed by atoms with Gasteiger partial charge in [-0.25, -0.2) is 4.98 Å². The maximum absolute atomic E-state index is 11.9. The number of methoxy groups -OCH3 is 1. The zero-order valence-electron chi connectivity index (χ0n) is 11.3. The number of rotatable bonds is 6. The molecular weight excluding hydrogens is 256 g/mol. The zero-order chi connectivity index (χ0) is 14.4. The highest BCUT2D eigenvalue weighted by Crippen LogP contribution is 2.10. The van der Waals surface area contributed by atoms with Crippen molar-refractivity contribution in [3.8, 4) is 5.75 Å². The Morgan fingerprint density at radius 3 is 2.80 bits per heavy atom. The van der Waals surface area contributed by atoms with E-state index in [4.69, 9.17) is 10.5 Å². The van der Waals surface area contributed by atoms with Gasteiger partial charge in [0, 0.05) is 19.2 Å². The van der Waals surface area contributed by atoms with Crippen LogP contribution in [0.1, 0.15) is 11.3 Å². The van der Waals surface area contributed by atoms with Crippen molar-refractivity contribution in [3.05, 3.63) is 48.0 Å². The molecule has 106 valence electrons. The molecule has 0 spiro atoms. The van der Waals surface area contributed by atoms with Gasteiger partial charge in [-0.2, -0.15) is 0 Å². The summed E-state index contributed by atoms with van der Waals surface area (Å²) in [6, 6.07) is 6.91. The van der Waals surface area contributed by atoms with Crippen molar-refractivity contribution in [1.82, 2.24) is 15.3 Å². The molecule has 6 heteroatoms. The summed E-state index contributed by atoms with van der Waals surface area (Å²) >= 11 is 0. The van der Waals surface area contributed by atoms with Gasteiger partial charge in [0.15, 0.2) is 0 Å². The number of hydrogen-bond donors (Lipinski definition) is 3. The van der Waals surface area contributed by atoms with Crippen LogP contribution >= 0.6 is 0 Å². The van der Waals surface area contributed by atoms with Crippen molar-refractivity contribution in [2.24, 2.45) is 5.73 Å². The molecule has 4 N–H and O–H groups in total. The average Bonchev–Trinajstić information content (AvgIpc) is 2.98. The molecule has 0 bridgehead atoms. The normalized spacial score (nSPS) is 11.9. The van der Waals surface area contributed by atoms with E-state index in [2.05, 4.69) is 15.3 Å². The molecule has 0 aliphatic heterocycles. The van der Waals surface area contributed by atoms with E-state index in [0.717, 1.165) is 17.0 Å². The van der Waals surface area contributed by atoms with Crippen LogP contribution in [0.25, 0.3) is 0 Å². The highest BCUT2D eigenvalue weighted by molar-refractivity contribution is 5.81. The first kappa shape index (κ1) is 14.1. The zero-order valence-corrected chi connectivity index (χ0v) is 11.3. The predicted molar refractivity (Wildman–Crippen MR) is 75.1 cm³/mol. The Morgan fingerprint density at radius 2 is 2.20 bits per heavy atom. The van der Waals surface area contributed by atoms with Crippen LogP contribution in [0.5, 0.6) is 5.75 Å². The number of nitrogens with one attached hydrogen (secondary N) is 2. The molecule has 0 radical (unpaired) electrons. The van der Waals surface area contributed by atoms with Crippen LogP contribution in [0.2, 0.25) is 0 Å². The Hall–Kier alpha value is -2.34. The third-order valence-electron chi connectivity index (χ3n) is 2.95. The molecule has 0 aliphatic carbocycles. The minimum Gasteiger partial charge on any atom is -0.497 e. The van der Waals surface area contributed by atoms with Crippen LogP contribution in [-0.2, 0) is 17.8 Å². The second kappa shape index (κ2) is 6.72. The summed E-state index contributed by atoms with van der Waals surface area (Å²) in [4.78, 5) is 18.7. The SMILES string of the molecule is COc1ccc(CNC(=O)[C@@H](N)Cc2c[nH]cn2)cc1. The van der Waals surface area contributed by atoms with Gasteiger partial charge in [-0.1, -0.05) is 12.1 Å². The molecule has 1 heterocycles. The van der Waals surface area contributed by atoms with Gasteiger partial charge in [0.2, 0.25) is 5.91 Å². The predicted octanol–water partition coefficient (Wildman–Crippen LogP) is 0.604. The standard InChI is InChI=1S/C14H18N4O2/c1-20-12-4-2-10(3-5-12)7-17-14(19)13(15)6-11-8-16-9-18-11/h2-5,8-9,13H,6-7,15H2,1H3,(H,16,18)(H,17,19)/t13-/m0/s1. The Labute approximate surface area is 117 Å². The monoisotopic (exact) mass is 274 g/mol. The first-order valence-electron chi connectivity index (χ1n) is 6.33. The number of nitrogens with zero attached hydrogens (tertiary/aromatic N) is 1. The minimum atomic E-state index is -0.600. The van der Waals surface area contributed by atoms with E-state index >= 15 is 0 Å². The number of H-pyrrole nitrogens is 1. The highest BCUT2D eigenvalue weighted by Gasteiger charge is 2.14. The first-order chi connectivity index (χ1) is 9.69. The van der Waals surface area contributed by atoms with Gasteiger partial charge in [-0.3, -0.25) is 4.79 Å². The summed E-state index contributed by atoms with van der Waals surface area (Å²) < 4.78 is 5.07. The van der Waals surface area contributed by atoms with Gasteiger partial charge in [0.25, 0.3) is 0 Å². The van der Waals surface area contributed by atoms with E-state index in [9.17, 15) is 4.79 Å². The van der Waals surface area contributed by atoms with Crippen molar-refractivity contribution < 1.29 is 9.53 Å². The fraction of sp³-hybridized carbons (Fsp3) is 0.286. The van der Waals surface area contributed by atoms with E-state index in [1.165, 1.54) is 0 Å². The molecule has 20 heavy (non-hydrogen) atoms. The molecule has 0 fully saturated rings. The quantitative estimate of drug-likeness (QED) is 0.719. The third-order valence-corrected chi connectivity index (χ3v) is 2.95. The number of nitrogens with two attached hydrogens (primary N) is 1. The van der Waals surface area contributed by atoms with E-state index in [-0.39, 0.29) is 5.91 Å². The van der Waals surface area contributed by atoms with Crippen molar-refractivity contribution in [2.45, 2.75) is 19.0 Å². The summed E-state index contributed by atoms with van der Waals surface area (Å²) in [6.45, 7) is 0.442. The molecule has 0 saturated heterocycles. The molecule has 6 nitrogen and oxygen atoms in total. The van der Waals surface area contributed by atoms with Gasteiger partial charge in [-0.05, 0) is 17.7 Å². The van der Waals surface area contributed by atoms with E-state index in [0.29, 0.717) is 13.0 Å². The molecule has 1 aromatic carbocycles. The van der Waals surface area contributed by atoms with Gasteiger partial charge in [0.05, 0.1) is 25.2 Å². The van der Waals surface area contributed by atoms with Crippen LogP contribution < -0.4 is 15.8 Å². The molecule has 2 rings (SSSR count). The van der Waals surface area contributed by atoms with E-state index < -0.39 is 6.04 Å². The summed E-state index contributed by atoms with van der Waals surface area (Å²) in [5.41, 5.74) is 7.60. The largest absolute Gasteiger partial charge is 0.497 e. The Kier molecular flexibility index (Phi) is 4.73. The lowest BCUT2D eigenvalue weighted by Crippen LogP contribution is -2.41.